The third-order valence-electron chi connectivity index (χ3n) is 4.80. The van der Waals surface area contributed by atoms with E-state index in [0.717, 1.165) is 39.3 Å². The highest BCUT2D eigenvalue weighted by Gasteiger charge is 2.39. The molecule has 0 saturated carbocycles. The van der Waals surface area contributed by atoms with Crippen LogP contribution in [0.15, 0.2) is 0 Å². The Morgan fingerprint density at radius 3 is 2.20 bits per heavy atom. The lowest BCUT2D eigenvalue weighted by Crippen LogP contribution is -2.52. The van der Waals surface area contributed by atoms with Crippen LogP contribution in [0.4, 0.5) is 0 Å². The van der Waals surface area contributed by atoms with Crippen LogP contribution < -0.4 is 0 Å². The molecule has 3 aliphatic rings. The standard InChI is InChI=1S/C14H27N3OS2/c1-15-2-4-16(5-3-15)13-8-17(9-14(13)18)12-10-19-6-7-20-11-12/h12-14,18H,2-11H2,1H3/t13-,14-/m0/s1. The van der Waals surface area contributed by atoms with Crippen molar-refractivity contribution in [3.63, 3.8) is 0 Å². The number of rotatable bonds is 2. The SMILES string of the molecule is CN1CCN([C@H]2CN(C3CSCCSC3)C[C@@H]2O)CC1. The van der Waals surface area contributed by atoms with Crippen LogP contribution >= 0.6 is 23.5 Å². The topological polar surface area (TPSA) is 30.0 Å². The molecule has 1 N–H and O–H groups in total. The van der Waals surface area contributed by atoms with Crippen LogP contribution in [0.25, 0.3) is 0 Å². The van der Waals surface area contributed by atoms with Gasteiger partial charge in [-0.2, -0.15) is 23.5 Å². The Labute approximate surface area is 131 Å². The second-order valence-corrected chi connectivity index (χ2v) is 8.53. The summed E-state index contributed by atoms with van der Waals surface area (Å²) in [6.45, 7) is 6.44. The van der Waals surface area contributed by atoms with Crippen molar-refractivity contribution in [3.05, 3.63) is 0 Å². The maximum atomic E-state index is 10.5. The highest BCUT2D eigenvalue weighted by atomic mass is 32.2. The lowest BCUT2D eigenvalue weighted by molar-refractivity contribution is 0.0512. The minimum Gasteiger partial charge on any atom is -0.390 e. The Morgan fingerprint density at radius 1 is 0.900 bits per heavy atom. The maximum absolute atomic E-state index is 10.5. The molecule has 116 valence electrons. The van der Waals surface area contributed by atoms with E-state index in [1.807, 2.05) is 0 Å². The highest BCUT2D eigenvalue weighted by molar-refractivity contribution is 8.03. The fourth-order valence-electron chi connectivity index (χ4n) is 3.42. The molecule has 3 aliphatic heterocycles. The summed E-state index contributed by atoms with van der Waals surface area (Å²) in [6.07, 6.45) is -0.156. The van der Waals surface area contributed by atoms with E-state index < -0.39 is 0 Å². The van der Waals surface area contributed by atoms with Gasteiger partial charge in [0, 0.05) is 74.4 Å². The van der Waals surface area contributed by atoms with Crippen molar-refractivity contribution < 1.29 is 5.11 Å². The van der Waals surface area contributed by atoms with Gasteiger partial charge in [-0.1, -0.05) is 0 Å². The number of piperazine rings is 1. The zero-order chi connectivity index (χ0) is 13.9. The van der Waals surface area contributed by atoms with Gasteiger partial charge in [0.15, 0.2) is 0 Å². The van der Waals surface area contributed by atoms with E-state index in [4.69, 9.17) is 0 Å². The molecule has 0 spiro atoms. The Bertz CT molecular complexity index is 305. The van der Waals surface area contributed by atoms with Crippen LogP contribution in [0.1, 0.15) is 0 Å². The zero-order valence-corrected chi connectivity index (χ0v) is 14.0. The number of likely N-dealkylation sites (N-methyl/N-ethyl adjacent to an activating group) is 1. The minimum absolute atomic E-state index is 0.156. The molecule has 0 aromatic rings. The van der Waals surface area contributed by atoms with Crippen LogP contribution in [0.2, 0.25) is 0 Å². The monoisotopic (exact) mass is 317 g/mol. The van der Waals surface area contributed by atoms with Crippen LogP contribution in [0.5, 0.6) is 0 Å². The van der Waals surface area contributed by atoms with Crippen LogP contribution in [0, 0.1) is 0 Å². The van der Waals surface area contributed by atoms with E-state index in [1.165, 1.54) is 23.0 Å². The van der Waals surface area contributed by atoms with Gasteiger partial charge in [0.2, 0.25) is 0 Å². The molecule has 0 aliphatic carbocycles. The summed E-state index contributed by atoms with van der Waals surface area (Å²) in [4.78, 5) is 7.45. The van der Waals surface area contributed by atoms with Gasteiger partial charge in [0.25, 0.3) is 0 Å². The Kier molecular flexibility index (Phi) is 5.56. The van der Waals surface area contributed by atoms with E-state index in [2.05, 4.69) is 45.3 Å². The summed E-state index contributed by atoms with van der Waals surface area (Å²) in [5.41, 5.74) is 0. The van der Waals surface area contributed by atoms with Gasteiger partial charge in [-0.25, -0.2) is 0 Å². The molecule has 4 nitrogen and oxygen atoms in total. The molecule has 0 aromatic carbocycles. The number of aliphatic hydroxyl groups excluding tert-OH is 1. The molecular formula is C14H27N3OS2. The van der Waals surface area contributed by atoms with Crippen LogP contribution in [-0.2, 0) is 0 Å². The van der Waals surface area contributed by atoms with E-state index in [0.29, 0.717) is 12.1 Å². The largest absolute Gasteiger partial charge is 0.390 e. The van der Waals surface area contributed by atoms with Crippen LogP contribution in [-0.4, -0.2) is 107 Å². The molecule has 0 bridgehead atoms. The average Bonchev–Trinajstić information content (AvgIpc) is 2.66. The Balaban J connectivity index is 1.55. The number of thioether (sulfide) groups is 2. The lowest BCUT2D eigenvalue weighted by atomic mass is 10.1. The van der Waals surface area contributed by atoms with Gasteiger partial charge in [0.05, 0.1) is 6.10 Å². The van der Waals surface area contributed by atoms with Crippen molar-refractivity contribution in [2.45, 2.75) is 18.2 Å². The number of hydrogen-bond donors (Lipinski definition) is 1. The molecule has 20 heavy (non-hydrogen) atoms. The molecular weight excluding hydrogens is 290 g/mol. The van der Waals surface area contributed by atoms with Gasteiger partial charge in [-0.3, -0.25) is 9.80 Å². The molecule has 3 saturated heterocycles. The maximum Gasteiger partial charge on any atom is 0.0834 e. The van der Waals surface area contributed by atoms with Crippen molar-refractivity contribution in [3.8, 4) is 0 Å². The second-order valence-electron chi connectivity index (χ2n) is 6.23. The van der Waals surface area contributed by atoms with Crippen molar-refractivity contribution in [2.75, 3.05) is 69.3 Å². The van der Waals surface area contributed by atoms with Gasteiger partial charge in [-0.05, 0) is 7.05 Å². The molecule has 0 radical (unpaired) electrons. The number of aliphatic hydroxyl groups is 1. The summed E-state index contributed by atoms with van der Waals surface area (Å²) in [5, 5.41) is 10.5. The van der Waals surface area contributed by atoms with Crippen molar-refractivity contribution in [2.24, 2.45) is 0 Å². The van der Waals surface area contributed by atoms with Gasteiger partial charge < -0.3 is 10.0 Å². The Morgan fingerprint density at radius 2 is 1.55 bits per heavy atom. The molecule has 2 atom stereocenters. The van der Waals surface area contributed by atoms with Crippen molar-refractivity contribution in [1.82, 2.24) is 14.7 Å². The van der Waals surface area contributed by atoms with E-state index >= 15 is 0 Å². The fourth-order valence-corrected chi connectivity index (χ4v) is 6.05. The minimum atomic E-state index is -0.156. The first-order valence-corrected chi connectivity index (χ1v) is 10.0. The Hall–Kier alpha value is 0.540. The lowest BCUT2D eigenvalue weighted by Gasteiger charge is -2.37. The summed E-state index contributed by atoms with van der Waals surface area (Å²) in [6, 6.07) is 1.03. The molecule has 3 fully saturated rings. The molecule has 0 aromatic heterocycles. The molecule has 3 heterocycles. The second kappa shape index (κ2) is 7.20. The first kappa shape index (κ1) is 15.4. The summed E-state index contributed by atoms with van der Waals surface area (Å²) >= 11 is 4.17. The molecule has 0 unspecified atom stereocenters. The van der Waals surface area contributed by atoms with Crippen molar-refractivity contribution >= 4 is 23.5 Å². The third kappa shape index (κ3) is 3.65. The molecule has 6 heteroatoms. The summed E-state index contributed by atoms with van der Waals surface area (Å²) in [7, 11) is 2.19. The van der Waals surface area contributed by atoms with Gasteiger partial charge >= 0.3 is 0 Å². The normalized spacial score (nSPS) is 36.3. The average molecular weight is 318 g/mol. The number of hydrogen-bond acceptors (Lipinski definition) is 6. The third-order valence-corrected chi connectivity index (χ3v) is 7.29. The van der Waals surface area contributed by atoms with E-state index in [1.54, 1.807) is 0 Å². The first-order chi connectivity index (χ1) is 9.74. The number of nitrogens with zero attached hydrogens (tertiary/aromatic N) is 3. The highest BCUT2D eigenvalue weighted by Crippen LogP contribution is 2.26. The van der Waals surface area contributed by atoms with E-state index in [-0.39, 0.29) is 6.10 Å². The predicted octanol–water partition coefficient (Wildman–Crippen LogP) is 0.128. The quantitative estimate of drug-likeness (QED) is 0.779. The van der Waals surface area contributed by atoms with Gasteiger partial charge in [-0.15, -0.1) is 0 Å². The molecule has 0 amide bonds. The van der Waals surface area contributed by atoms with Crippen LogP contribution in [0.3, 0.4) is 0 Å². The summed E-state index contributed by atoms with van der Waals surface area (Å²) in [5.74, 6) is 5.07. The van der Waals surface area contributed by atoms with Gasteiger partial charge in [0.1, 0.15) is 0 Å². The zero-order valence-electron chi connectivity index (χ0n) is 12.4. The van der Waals surface area contributed by atoms with Crippen molar-refractivity contribution in [1.29, 1.82) is 0 Å². The number of β-amino-alcohol motifs (C(OH)–C–C–N with tert-alkyl or cyclic N) is 1. The van der Waals surface area contributed by atoms with E-state index in [9.17, 15) is 5.11 Å². The number of likely N-dealkylation sites (tertiary alicyclic amines) is 1. The first-order valence-electron chi connectivity index (χ1n) is 7.74. The predicted molar refractivity (Wildman–Crippen MR) is 88.9 cm³/mol. The fraction of sp³-hybridized carbons (Fsp3) is 1.00. The smallest absolute Gasteiger partial charge is 0.0834 e. The summed E-state index contributed by atoms with van der Waals surface area (Å²) < 4.78 is 0. The molecule has 3 rings (SSSR count).